The van der Waals surface area contributed by atoms with Crippen LogP contribution in [0, 0.1) is 19.8 Å². The third-order valence-electron chi connectivity index (χ3n) is 4.06. The first-order valence-corrected chi connectivity index (χ1v) is 7.05. The summed E-state index contributed by atoms with van der Waals surface area (Å²) in [5.74, 6) is -0.291. The first kappa shape index (κ1) is 14.1. The fraction of sp³-hybridized carbons (Fsp3) is 0.562. The van der Waals surface area contributed by atoms with Crippen molar-refractivity contribution in [1.29, 1.82) is 0 Å². The van der Waals surface area contributed by atoms with Gasteiger partial charge in [-0.15, -0.1) is 0 Å². The Bertz CT molecular complexity index is 448. The third-order valence-corrected chi connectivity index (χ3v) is 4.06. The summed E-state index contributed by atoms with van der Waals surface area (Å²) < 4.78 is 0. The lowest BCUT2D eigenvalue weighted by molar-refractivity contribution is -0.138. The molecule has 1 aromatic carbocycles. The summed E-state index contributed by atoms with van der Waals surface area (Å²) in [5, 5.41) is 8.82. The van der Waals surface area contributed by atoms with Crippen molar-refractivity contribution in [3.63, 3.8) is 0 Å². The topological polar surface area (TPSA) is 40.5 Å². The second kappa shape index (κ2) is 6.20. The molecule has 0 saturated carbocycles. The number of nitrogens with zero attached hydrogens (tertiary/aromatic N) is 1. The fourth-order valence-corrected chi connectivity index (χ4v) is 2.86. The highest BCUT2D eigenvalue weighted by Crippen LogP contribution is 2.22. The lowest BCUT2D eigenvalue weighted by atomic mass is 9.93. The number of aryl methyl sites for hydroxylation is 2. The maximum atomic E-state index is 10.7. The van der Waals surface area contributed by atoms with Crippen LogP contribution in [0.25, 0.3) is 0 Å². The predicted octanol–water partition coefficient (Wildman–Crippen LogP) is 2.99. The van der Waals surface area contributed by atoms with Gasteiger partial charge >= 0.3 is 5.97 Å². The SMILES string of the molecule is Cc1ccc(CN2CCC(CC(=O)O)CC2)c(C)c1. The molecular formula is C16H23NO2. The van der Waals surface area contributed by atoms with Crippen molar-refractivity contribution < 1.29 is 9.90 Å². The van der Waals surface area contributed by atoms with Crippen LogP contribution in [0.4, 0.5) is 0 Å². The van der Waals surface area contributed by atoms with Crippen molar-refractivity contribution >= 4 is 5.97 Å². The molecule has 1 aliphatic heterocycles. The monoisotopic (exact) mass is 261 g/mol. The number of carbonyl (C=O) groups is 1. The van der Waals surface area contributed by atoms with Crippen LogP contribution in [-0.4, -0.2) is 29.1 Å². The van der Waals surface area contributed by atoms with Gasteiger partial charge in [0.15, 0.2) is 0 Å². The van der Waals surface area contributed by atoms with Crippen molar-refractivity contribution in [2.75, 3.05) is 13.1 Å². The van der Waals surface area contributed by atoms with Gasteiger partial charge in [0.25, 0.3) is 0 Å². The Hall–Kier alpha value is -1.35. The van der Waals surface area contributed by atoms with E-state index in [-0.39, 0.29) is 0 Å². The van der Waals surface area contributed by atoms with Gasteiger partial charge in [0.1, 0.15) is 0 Å². The number of piperidine rings is 1. The maximum Gasteiger partial charge on any atom is 0.303 e. The van der Waals surface area contributed by atoms with E-state index in [1.807, 2.05) is 0 Å². The van der Waals surface area contributed by atoms with E-state index in [0.717, 1.165) is 32.5 Å². The lowest BCUT2D eigenvalue weighted by Crippen LogP contribution is -2.34. The first-order valence-electron chi connectivity index (χ1n) is 7.05. The molecule has 3 heteroatoms. The molecule has 0 spiro atoms. The van der Waals surface area contributed by atoms with Crippen LogP contribution in [0.1, 0.15) is 36.0 Å². The van der Waals surface area contributed by atoms with E-state index in [2.05, 4.69) is 36.9 Å². The van der Waals surface area contributed by atoms with Crippen molar-refractivity contribution in [1.82, 2.24) is 4.90 Å². The summed E-state index contributed by atoms with van der Waals surface area (Å²) in [7, 11) is 0. The smallest absolute Gasteiger partial charge is 0.303 e. The Labute approximate surface area is 115 Å². The van der Waals surface area contributed by atoms with E-state index < -0.39 is 5.97 Å². The molecule has 0 bridgehead atoms. The number of hydrogen-bond acceptors (Lipinski definition) is 2. The maximum absolute atomic E-state index is 10.7. The number of carboxylic acids is 1. The number of likely N-dealkylation sites (tertiary alicyclic amines) is 1. The molecule has 0 aromatic heterocycles. The van der Waals surface area contributed by atoms with Gasteiger partial charge in [-0.05, 0) is 56.8 Å². The summed E-state index contributed by atoms with van der Waals surface area (Å²) in [4.78, 5) is 13.1. The highest BCUT2D eigenvalue weighted by Gasteiger charge is 2.21. The van der Waals surface area contributed by atoms with Crippen LogP contribution in [0.5, 0.6) is 0 Å². The number of benzene rings is 1. The summed E-state index contributed by atoms with van der Waals surface area (Å²) >= 11 is 0. The molecule has 1 aromatic rings. The minimum Gasteiger partial charge on any atom is -0.481 e. The normalized spacial score (nSPS) is 17.6. The van der Waals surface area contributed by atoms with Crippen LogP contribution in [0.2, 0.25) is 0 Å². The lowest BCUT2D eigenvalue weighted by Gasteiger charge is -2.31. The van der Waals surface area contributed by atoms with Gasteiger partial charge in [-0.3, -0.25) is 9.69 Å². The Morgan fingerprint density at radius 2 is 2.00 bits per heavy atom. The van der Waals surface area contributed by atoms with Gasteiger partial charge in [-0.2, -0.15) is 0 Å². The van der Waals surface area contributed by atoms with Crippen molar-refractivity contribution in [2.45, 2.75) is 39.7 Å². The van der Waals surface area contributed by atoms with Gasteiger partial charge in [-0.25, -0.2) is 0 Å². The molecule has 1 aliphatic rings. The molecule has 1 N–H and O–H groups in total. The molecule has 1 heterocycles. The summed E-state index contributed by atoms with van der Waals surface area (Å²) in [6, 6.07) is 6.61. The molecule has 19 heavy (non-hydrogen) atoms. The number of rotatable bonds is 4. The molecule has 0 aliphatic carbocycles. The molecule has 0 amide bonds. The molecule has 2 rings (SSSR count). The second-order valence-electron chi connectivity index (χ2n) is 5.75. The van der Waals surface area contributed by atoms with E-state index in [4.69, 9.17) is 5.11 Å². The molecule has 0 unspecified atom stereocenters. The zero-order valence-corrected chi connectivity index (χ0v) is 11.9. The third kappa shape index (κ3) is 4.06. The first-order chi connectivity index (χ1) is 9.04. The minimum absolute atomic E-state index is 0.331. The fourth-order valence-electron chi connectivity index (χ4n) is 2.86. The van der Waals surface area contributed by atoms with Crippen LogP contribution in [-0.2, 0) is 11.3 Å². The average molecular weight is 261 g/mol. The molecular weight excluding hydrogens is 238 g/mol. The van der Waals surface area contributed by atoms with Crippen LogP contribution < -0.4 is 0 Å². The number of aliphatic carboxylic acids is 1. The highest BCUT2D eigenvalue weighted by molar-refractivity contribution is 5.67. The zero-order chi connectivity index (χ0) is 13.8. The zero-order valence-electron chi connectivity index (χ0n) is 11.9. The Kier molecular flexibility index (Phi) is 4.59. The quantitative estimate of drug-likeness (QED) is 0.905. The van der Waals surface area contributed by atoms with E-state index >= 15 is 0 Å². The predicted molar refractivity (Wildman–Crippen MR) is 76.2 cm³/mol. The molecule has 1 fully saturated rings. The van der Waals surface area contributed by atoms with Crippen LogP contribution >= 0.6 is 0 Å². The van der Waals surface area contributed by atoms with Crippen LogP contribution in [0.3, 0.4) is 0 Å². The van der Waals surface area contributed by atoms with Gasteiger partial charge in [0.05, 0.1) is 0 Å². The van der Waals surface area contributed by atoms with E-state index in [1.54, 1.807) is 0 Å². The Morgan fingerprint density at radius 3 is 2.58 bits per heavy atom. The van der Waals surface area contributed by atoms with Crippen molar-refractivity contribution in [3.05, 3.63) is 34.9 Å². The van der Waals surface area contributed by atoms with E-state index in [0.29, 0.717) is 12.3 Å². The summed E-state index contributed by atoms with van der Waals surface area (Å²) in [6.07, 6.45) is 2.35. The molecule has 3 nitrogen and oxygen atoms in total. The summed E-state index contributed by atoms with van der Waals surface area (Å²) in [6.45, 7) is 7.32. The standard InChI is InChI=1S/C16H23NO2/c1-12-3-4-15(13(2)9-12)11-17-7-5-14(6-8-17)10-16(18)19/h3-4,9,14H,5-8,10-11H2,1-2H3,(H,18,19). The highest BCUT2D eigenvalue weighted by atomic mass is 16.4. The Balaban J connectivity index is 1.87. The average Bonchev–Trinajstić information content (AvgIpc) is 2.34. The molecule has 0 radical (unpaired) electrons. The van der Waals surface area contributed by atoms with Crippen molar-refractivity contribution in [2.24, 2.45) is 5.92 Å². The van der Waals surface area contributed by atoms with E-state index in [1.165, 1.54) is 16.7 Å². The molecule has 1 saturated heterocycles. The van der Waals surface area contributed by atoms with Gasteiger partial charge in [-0.1, -0.05) is 23.8 Å². The Morgan fingerprint density at radius 1 is 1.32 bits per heavy atom. The van der Waals surface area contributed by atoms with E-state index in [9.17, 15) is 4.79 Å². The van der Waals surface area contributed by atoms with Gasteiger partial charge < -0.3 is 5.11 Å². The largest absolute Gasteiger partial charge is 0.481 e. The van der Waals surface area contributed by atoms with Gasteiger partial charge in [0.2, 0.25) is 0 Å². The molecule has 0 atom stereocenters. The van der Waals surface area contributed by atoms with Crippen LogP contribution in [0.15, 0.2) is 18.2 Å². The summed E-state index contributed by atoms with van der Waals surface area (Å²) in [5.41, 5.74) is 4.05. The minimum atomic E-state index is -0.659. The van der Waals surface area contributed by atoms with Gasteiger partial charge in [0, 0.05) is 13.0 Å². The number of carboxylic acid groups (broad SMARTS) is 1. The van der Waals surface area contributed by atoms with Crippen molar-refractivity contribution in [3.8, 4) is 0 Å². The second-order valence-corrected chi connectivity index (χ2v) is 5.75. The molecule has 104 valence electrons. The number of hydrogen-bond donors (Lipinski definition) is 1.